The molecule has 0 bridgehead atoms. The van der Waals surface area contributed by atoms with E-state index >= 15 is 0 Å². The van der Waals surface area contributed by atoms with Crippen LogP contribution in [-0.2, 0) is 5.41 Å². The Bertz CT molecular complexity index is 2250. The Labute approximate surface area is 238 Å². The van der Waals surface area contributed by atoms with Crippen molar-refractivity contribution in [1.82, 2.24) is 0 Å². The van der Waals surface area contributed by atoms with Crippen LogP contribution in [0.2, 0.25) is 0 Å². The molecule has 0 spiro atoms. The zero-order valence-corrected chi connectivity index (χ0v) is 23.3. The molecule has 0 atom stereocenters. The van der Waals surface area contributed by atoms with Gasteiger partial charge in [-0.25, -0.2) is 0 Å². The van der Waals surface area contributed by atoms with E-state index in [2.05, 4.69) is 141 Å². The van der Waals surface area contributed by atoms with E-state index in [-0.39, 0.29) is 5.41 Å². The number of rotatable bonds is 3. The minimum absolute atomic E-state index is 0.0385. The lowest BCUT2D eigenvalue weighted by Gasteiger charge is -2.25. The number of para-hydroxylation sites is 3. The summed E-state index contributed by atoms with van der Waals surface area (Å²) in [6.07, 6.45) is 0. The Kier molecular flexibility index (Phi) is 5.08. The highest BCUT2D eigenvalue weighted by Gasteiger charge is 2.24. The van der Waals surface area contributed by atoms with Crippen LogP contribution in [0.25, 0.3) is 54.6 Å². The van der Waals surface area contributed by atoms with E-state index in [1.165, 1.54) is 16.3 Å². The van der Waals surface area contributed by atoms with Gasteiger partial charge in [0.05, 0.1) is 11.4 Å². The second kappa shape index (κ2) is 8.74. The van der Waals surface area contributed by atoms with Crippen LogP contribution in [-0.4, -0.2) is 0 Å². The van der Waals surface area contributed by atoms with E-state index in [9.17, 15) is 0 Å². The highest BCUT2D eigenvalue weighted by Crippen LogP contribution is 2.45. The molecule has 0 N–H and O–H groups in total. The number of hydrogen-bond acceptors (Lipinski definition) is 3. The SMILES string of the molecule is CC(C)(C)c1cccc2c1oc1c(N(c3ccccc3)c3ccc4c(c3)oc3ccc5ccccc5c34)cccc12. The van der Waals surface area contributed by atoms with Gasteiger partial charge in [-0.1, -0.05) is 99.6 Å². The minimum atomic E-state index is -0.0385. The van der Waals surface area contributed by atoms with Crippen molar-refractivity contribution < 1.29 is 8.83 Å². The number of furan rings is 2. The summed E-state index contributed by atoms with van der Waals surface area (Å²) in [6, 6.07) is 42.6. The fourth-order valence-electron chi connectivity index (χ4n) is 6.25. The van der Waals surface area contributed by atoms with Crippen molar-refractivity contribution in [3.8, 4) is 0 Å². The van der Waals surface area contributed by atoms with Gasteiger partial charge in [0.15, 0.2) is 5.58 Å². The second-order valence-corrected chi connectivity index (χ2v) is 11.8. The lowest BCUT2D eigenvalue weighted by molar-refractivity contribution is 0.573. The van der Waals surface area contributed by atoms with Crippen LogP contribution >= 0.6 is 0 Å². The molecule has 198 valence electrons. The summed E-state index contributed by atoms with van der Waals surface area (Å²) in [5.74, 6) is 0. The van der Waals surface area contributed by atoms with Gasteiger partial charge in [0.2, 0.25) is 0 Å². The zero-order chi connectivity index (χ0) is 27.7. The lowest BCUT2D eigenvalue weighted by Crippen LogP contribution is -2.11. The Morgan fingerprint density at radius 3 is 2.07 bits per heavy atom. The van der Waals surface area contributed by atoms with Crippen LogP contribution in [0.3, 0.4) is 0 Å². The highest BCUT2D eigenvalue weighted by atomic mass is 16.3. The second-order valence-electron chi connectivity index (χ2n) is 11.8. The normalized spacial score (nSPS) is 12.3. The molecule has 8 aromatic rings. The van der Waals surface area contributed by atoms with Gasteiger partial charge in [0.1, 0.15) is 16.7 Å². The fraction of sp³-hybridized carbons (Fsp3) is 0.105. The standard InChI is InChI=1S/C38H29NO2/c1-38(2,3)31-17-9-15-28-29-16-10-18-32(37(29)41-36(28)31)39(25-12-5-4-6-13-25)26-20-21-30-34(23-26)40-33-22-19-24-11-7-8-14-27(24)35(30)33/h4-23H,1-3H3. The van der Waals surface area contributed by atoms with E-state index in [4.69, 9.17) is 8.83 Å². The maximum absolute atomic E-state index is 6.78. The van der Waals surface area contributed by atoms with Crippen LogP contribution in [0.15, 0.2) is 130 Å². The van der Waals surface area contributed by atoms with Crippen LogP contribution in [0.5, 0.6) is 0 Å². The number of nitrogens with zero attached hydrogens (tertiary/aromatic N) is 1. The van der Waals surface area contributed by atoms with E-state index in [1.54, 1.807) is 0 Å². The number of benzene rings is 6. The largest absolute Gasteiger partial charge is 0.456 e. The van der Waals surface area contributed by atoms with Crippen molar-refractivity contribution in [2.24, 2.45) is 0 Å². The maximum atomic E-state index is 6.78. The molecule has 0 saturated carbocycles. The molecule has 0 aliphatic carbocycles. The molecule has 0 unspecified atom stereocenters. The van der Waals surface area contributed by atoms with E-state index in [0.29, 0.717) is 0 Å². The molecular weight excluding hydrogens is 502 g/mol. The summed E-state index contributed by atoms with van der Waals surface area (Å²) in [4.78, 5) is 2.27. The Hall–Kier alpha value is -5.02. The van der Waals surface area contributed by atoms with Crippen LogP contribution < -0.4 is 4.90 Å². The predicted molar refractivity (Wildman–Crippen MR) is 172 cm³/mol. The molecular formula is C38H29NO2. The van der Waals surface area contributed by atoms with Gasteiger partial charge in [0, 0.05) is 38.9 Å². The molecule has 0 radical (unpaired) electrons. The van der Waals surface area contributed by atoms with Crippen molar-refractivity contribution in [3.05, 3.63) is 127 Å². The zero-order valence-electron chi connectivity index (χ0n) is 23.3. The van der Waals surface area contributed by atoms with Gasteiger partial charge in [-0.3, -0.25) is 0 Å². The summed E-state index contributed by atoms with van der Waals surface area (Å²) in [5.41, 5.74) is 7.81. The van der Waals surface area contributed by atoms with E-state index in [0.717, 1.165) is 60.9 Å². The topological polar surface area (TPSA) is 29.5 Å². The quantitative estimate of drug-likeness (QED) is 0.227. The third kappa shape index (κ3) is 3.66. The van der Waals surface area contributed by atoms with E-state index < -0.39 is 0 Å². The predicted octanol–water partition coefficient (Wildman–Crippen LogP) is 11.4. The van der Waals surface area contributed by atoms with Crippen molar-refractivity contribution in [1.29, 1.82) is 0 Å². The molecule has 2 heterocycles. The number of hydrogen-bond donors (Lipinski definition) is 0. The van der Waals surface area contributed by atoms with Crippen LogP contribution in [0.1, 0.15) is 26.3 Å². The smallest absolute Gasteiger partial charge is 0.159 e. The Morgan fingerprint density at radius 2 is 1.24 bits per heavy atom. The summed E-state index contributed by atoms with van der Waals surface area (Å²) in [6.45, 7) is 6.70. The molecule has 0 aliphatic heterocycles. The Morgan fingerprint density at radius 1 is 0.512 bits per heavy atom. The highest BCUT2D eigenvalue weighted by molar-refractivity contribution is 6.19. The third-order valence-corrected chi connectivity index (χ3v) is 8.17. The van der Waals surface area contributed by atoms with Crippen LogP contribution in [0.4, 0.5) is 17.1 Å². The molecule has 3 heteroatoms. The molecule has 41 heavy (non-hydrogen) atoms. The molecule has 8 rings (SSSR count). The van der Waals surface area contributed by atoms with Gasteiger partial charge >= 0.3 is 0 Å². The molecule has 0 amide bonds. The summed E-state index contributed by atoms with van der Waals surface area (Å²) >= 11 is 0. The number of fused-ring (bicyclic) bond motifs is 8. The first-order valence-corrected chi connectivity index (χ1v) is 14.1. The van der Waals surface area contributed by atoms with Crippen molar-refractivity contribution in [3.63, 3.8) is 0 Å². The van der Waals surface area contributed by atoms with Gasteiger partial charge < -0.3 is 13.7 Å². The summed E-state index contributed by atoms with van der Waals surface area (Å²) in [7, 11) is 0. The summed E-state index contributed by atoms with van der Waals surface area (Å²) < 4.78 is 13.2. The minimum Gasteiger partial charge on any atom is -0.456 e. The van der Waals surface area contributed by atoms with Gasteiger partial charge in [-0.05, 0) is 52.6 Å². The Balaban J connectivity index is 1.39. The first-order valence-electron chi connectivity index (χ1n) is 14.1. The average molecular weight is 532 g/mol. The molecule has 3 nitrogen and oxygen atoms in total. The third-order valence-electron chi connectivity index (χ3n) is 8.17. The van der Waals surface area contributed by atoms with Gasteiger partial charge in [0.25, 0.3) is 0 Å². The molecule has 0 aliphatic rings. The summed E-state index contributed by atoms with van der Waals surface area (Å²) in [5, 5.41) is 6.94. The molecule has 6 aromatic carbocycles. The monoisotopic (exact) mass is 531 g/mol. The van der Waals surface area contributed by atoms with Crippen molar-refractivity contribution in [2.45, 2.75) is 26.2 Å². The average Bonchev–Trinajstić information content (AvgIpc) is 3.56. The molecule has 0 saturated heterocycles. The van der Waals surface area contributed by atoms with Crippen LogP contribution in [0, 0.1) is 0 Å². The van der Waals surface area contributed by atoms with Crippen molar-refractivity contribution >= 4 is 71.7 Å². The van der Waals surface area contributed by atoms with Gasteiger partial charge in [-0.2, -0.15) is 0 Å². The fourth-order valence-corrected chi connectivity index (χ4v) is 6.25. The van der Waals surface area contributed by atoms with E-state index in [1.807, 2.05) is 6.07 Å². The molecule has 0 fully saturated rings. The number of anilines is 3. The molecule has 2 aromatic heterocycles. The lowest BCUT2D eigenvalue weighted by atomic mass is 9.86. The van der Waals surface area contributed by atoms with Crippen molar-refractivity contribution in [2.75, 3.05) is 4.90 Å². The van der Waals surface area contributed by atoms with Gasteiger partial charge in [-0.15, -0.1) is 0 Å². The first kappa shape index (κ1) is 23.8. The maximum Gasteiger partial charge on any atom is 0.159 e. The first-order chi connectivity index (χ1) is 20.0.